The number of aliphatic hydroxyl groups is 1. The molecule has 1 aromatic rings. The van der Waals surface area contributed by atoms with Crippen LogP contribution in [0.15, 0.2) is 43.5 Å². The van der Waals surface area contributed by atoms with E-state index >= 15 is 0 Å². The fraction of sp³-hybridized carbons (Fsp3) is 0.500. The lowest BCUT2D eigenvalue weighted by Crippen LogP contribution is -2.57. The van der Waals surface area contributed by atoms with Crippen molar-refractivity contribution in [3.63, 3.8) is 0 Å². The molecule has 35 heavy (non-hydrogen) atoms. The Kier molecular flexibility index (Phi) is 7.22. The number of esters is 1. The first kappa shape index (κ1) is 25.6. The van der Waals surface area contributed by atoms with E-state index in [0.717, 1.165) is 16.8 Å². The normalized spacial score (nSPS) is 30.8. The number of amides is 2. The molecule has 1 aromatic carbocycles. The molecule has 0 aliphatic carbocycles. The molecule has 4 rings (SSSR count). The number of carbonyl (C=O) groups is 3. The number of hydrogen-bond acceptors (Lipinski definition) is 6. The first-order valence-electron chi connectivity index (χ1n) is 11.7. The van der Waals surface area contributed by atoms with Gasteiger partial charge in [-0.15, -0.1) is 6.58 Å². The van der Waals surface area contributed by atoms with E-state index in [4.69, 9.17) is 9.47 Å². The first-order chi connectivity index (χ1) is 16.7. The third-order valence-corrected chi connectivity index (χ3v) is 8.11. The van der Waals surface area contributed by atoms with E-state index < -0.39 is 35.6 Å². The number of carbonyl (C=O) groups excluding carboxylic acids is 3. The van der Waals surface area contributed by atoms with Crippen molar-refractivity contribution in [1.82, 2.24) is 4.90 Å². The van der Waals surface area contributed by atoms with Crippen LogP contribution >= 0.6 is 15.9 Å². The molecule has 6 atom stereocenters. The molecule has 2 amide bonds. The average molecular weight is 547 g/mol. The summed E-state index contributed by atoms with van der Waals surface area (Å²) in [5, 5.41) is 9.78. The molecular formula is C26H31BrN2O6. The van der Waals surface area contributed by atoms with Crippen molar-refractivity contribution in [2.45, 2.75) is 42.8 Å². The van der Waals surface area contributed by atoms with Crippen LogP contribution in [0.3, 0.4) is 0 Å². The van der Waals surface area contributed by atoms with Crippen LogP contribution < -0.4 is 4.90 Å². The molecule has 2 bridgehead atoms. The maximum absolute atomic E-state index is 14.3. The fourth-order valence-corrected chi connectivity index (χ4v) is 7.01. The molecule has 3 fully saturated rings. The quantitative estimate of drug-likeness (QED) is 0.290. The minimum atomic E-state index is -1.21. The van der Waals surface area contributed by atoms with Crippen LogP contribution in [-0.2, 0) is 23.9 Å². The number of fused-ring (bicyclic) bond motifs is 1. The van der Waals surface area contributed by atoms with Gasteiger partial charge in [0.15, 0.2) is 0 Å². The van der Waals surface area contributed by atoms with Gasteiger partial charge in [0.1, 0.15) is 18.2 Å². The van der Waals surface area contributed by atoms with Crippen LogP contribution in [0.25, 0.3) is 0 Å². The fourth-order valence-electron chi connectivity index (χ4n) is 6.06. The average Bonchev–Trinajstić information content (AvgIpc) is 3.40. The van der Waals surface area contributed by atoms with E-state index in [1.54, 1.807) is 11.0 Å². The van der Waals surface area contributed by atoms with Gasteiger partial charge in [-0.2, -0.15) is 0 Å². The third-order valence-electron chi connectivity index (χ3n) is 7.27. The second-order valence-corrected chi connectivity index (χ2v) is 10.5. The van der Waals surface area contributed by atoms with Crippen molar-refractivity contribution in [1.29, 1.82) is 0 Å². The van der Waals surface area contributed by atoms with Crippen LogP contribution in [0.5, 0.6) is 0 Å². The van der Waals surface area contributed by atoms with E-state index in [0.29, 0.717) is 6.42 Å². The summed E-state index contributed by atoms with van der Waals surface area (Å²) in [6.45, 7) is 11.1. The Morgan fingerprint density at radius 3 is 2.60 bits per heavy atom. The van der Waals surface area contributed by atoms with Gasteiger partial charge < -0.3 is 24.4 Å². The van der Waals surface area contributed by atoms with Gasteiger partial charge >= 0.3 is 5.97 Å². The van der Waals surface area contributed by atoms with E-state index in [2.05, 4.69) is 29.1 Å². The van der Waals surface area contributed by atoms with Gasteiger partial charge in [-0.05, 0) is 31.4 Å². The predicted octanol–water partition coefficient (Wildman–Crippen LogP) is 2.29. The number of nitrogens with zero attached hydrogens (tertiary/aromatic N) is 2. The van der Waals surface area contributed by atoms with E-state index in [1.165, 1.54) is 11.0 Å². The van der Waals surface area contributed by atoms with E-state index in [9.17, 15) is 19.5 Å². The summed E-state index contributed by atoms with van der Waals surface area (Å²) in [4.78, 5) is 43.8. The maximum Gasteiger partial charge on any atom is 0.312 e. The summed E-state index contributed by atoms with van der Waals surface area (Å²) in [5.74, 6) is -2.98. The van der Waals surface area contributed by atoms with Gasteiger partial charge in [0.2, 0.25) is 5.91 Å². The Bertz CT molecular complexity index is 1040. The first-order valence-corrected chi connectivity index (χ1v) is 12.6. The second-order valence-electron chi connectivity index (χ2n) is 9.32. The molecule has 188 valence electrons. The number of likely N-dealkylation sites (tertiary alicyclic amines) is 1. The number of benzene rings is 1. The van der Waals surface area contributed by atoms with Crippen LogP contribution in [0.4, 0.5) is 5.69 Å². The van der Waals surface area contributed by atoms with Gasteiger partial charge in [-0.25, -0.2) is 0 Å². The summed E-state index contributed by atoms with van der Waals surface area (Å²) in [6, 6.07) is 4.77. The minimum absolute atomic E-state index is 0.0191. The molecule has 3 unspecified atom stereocenters. The number of ether oxygens (including phenoxy) is 2. The topological polar surface area (TPSA) is 96.4 Å². The summed E-state index contributed by atoms with van der Waals surface area (Å²) < 4.78 is 11.7. The highest BCUT2D eigenvalue weighted by Crippen LogP contribution is 2.60. The van der Waals surface area contributed by atoms with Crippen LogP contribution in [-0.4, -0.2) is 76.7 Å². The van der Waals surface area contributed by atoms with Crippen molar-refractivity contribution < 1.29 is 29.0 Å². The lowest BCUT2D eigenvalue weighted by atomic mass is 9.70. The zero-order valence-corrected chi connectivity index (χ0v) is 21.6. The highest BCUT2D eigenvalue weighted by Gasteiger charge is 2.77. The molecule has 8 nitrogen and oxygen atoms in total. The number of halogens is 1. The number of rotatable bonds is 9. The lowest BCUT2D eigenvalue weighted by molar-refractivity contribution is -0.153. The SMILES string of the molecule is C=CCOC(=O)[C@H]1[C@H]2C(=O)N(CCO)C(C(=O)N(CC=C)c3c(C)cccc3C)C23CC(Br)[C@@H]1O3. The number of aryl methyl sites for hydroxylation is 2. The number of hydrogen-bond donors (Lipinski definition) is 1. The van der Waals surface area contributed by atoms with Gasteiger partial charge in [0, 0.05) is 23.6 Å². The van der Waals surface area contributed by atoms with E-state index in [1.807, 2.05) is 32.0 Å². The van der Waals surface area contributed by atoms with Gasteiger partial charge in [0.25, 0.3) is 5.91 Å². The smallest absolute Gasteiger partial charge is 0.312 e. The maximum atomic E-state index is 14.3. The summed E-state index contributed by atoms with van der Waals surface area (Å²) in [5.41, 5.74) is 1.36. The summed E-state index contributed by atoms with van der Waals surface area (Å²) in [7, 11) is 0. The Labute approximate surface area is 213 Å². The lowest BCUT2D eigenvalue weighted by Gasteiger charge is -2.37. The third kappa shape index (κ3) is 3.93. The summed E-state index contributed by atoms with van der Waals surface area (Å²) in [6.07, 6.45) is 2.89. The molecule has 9 heteroatoms. The Balaban J connectivity index is 1.80. The Morgan fingerprint density at radius 1 is 1.31 bits per heavy atom. The largest absolute Gasteiger partial charge is 0.461 e. The van der Waals surface area contributed by atoms with Crippen LogP contribution in [0.1, 0.15) is 17.5 Å². The van der Waals surface area contributed by atoms with Crippen molar-refractivity contribution in [3.05, 3.63) is 54.6 Å². The Morgan fingerprint density at radius 2 is 2.00 bits per heavy atom. The van der Waals surface area contributed by atoms with Gasteiger partial charge in [0.05, 0.1) is 24.5 Å². The van der Waals surface area contributed by atoms with Crippen LogP contribution in [0, 0.1) is 25.7 Å². The van der Waals surface area contributed by atoms with Gasteiger partial charge in [-0.3, -0.25) is 14.4 Å². The second kappa shape index (κ2) is 9.87. The Hall–Kier alpha value is -2.49. The molecular weight excluding hydrogens is 516 g/mol. The molecule has 1 spiro atoms. The number of anilines is 1. The standard InChI is InChI=1S/C26H31BrN2O6/c1-5-10-28(20-15(3)8-7-9-16(20)4)24(32)22-26-14-17(27)21(35-26)18(25(33)34-13-6-2)19(26)23(31)29(22)11-12-30/h5-9,17-19,21-22,30H,1-2,10-14H2,3-4H3/t17?,18-,19-,21-,22?,26?/m0/s1. The minimum Gasteiger partial charge on any atom is -0.461 e. The van der Waals surface area contributed by atoms with Crippen molar-refractivity contribution in [2.75, 3.05) is 31.2 Å². The monoisotopic (exact) mass is 546 g/mol. The molecule has 0 radical (unpaired) electrons. The van der Waals surface area contributed by atoms with Crippen LogP contribution in [0.2, 0.25) is 0 Å². The molecule has 3 aliphatic rings. The molecule has 3 heterocycles. The number of para-hydroxylation sites is 1. The number of aliphatic hydroxyl groups excluding tert-OH is 1. The van der Waals surface area contributed by atoms with Crippen molar-refractivity contribution in [2.24, 2.45) is 11.8 Å². The molecule has 0 saturated carbocycles. The molecule has 0 aromatic heterocycles. The molecule has 3 saturated heterocycles. The summed E-state index contributed by atoms with van der Waals surface area (Å²) >= 11 is 3.62. The number of alkyl halides is 1. The zero-order chi connectivity index (χ0) is 25.5. The highest BCUT2D eigenvalue weighted by atomic mass is 79.9. The highest BCUT2D eigenvalue weighted by molar-refractivity contribution is 9.09. The van der Waals surface area contributed by atoms with Crippen molar-refractivity contribution in [3.8, 4) is 0 Å². The zero-order valence-electron chi connectivity index (χ0n) is 20.0. The molecule has 3 aliphatic heterocycles. The van der Waals surface area contributed by atoms with E-state index in [-0.39, 0.29) is 42.9 Å². The predicted molar refractivity (Wildman–Crippen MR) is 134 cm³/mol. The van der Waals surface area contributed by atoms with Crippen molar-refractivity contribution >= 4 is 39.4 Å². The van der Waals surface area contributed by atoms with Gasteiger partial charge in [-0.1, -0.05) is 52.9 Å². The number of β-amino-alcohol motifs (C(OH)–C–C–N with tert-alkyl or cyclic N) is 1. The molecule has 1 N–H and O–H groups in total.